The van der Waals surface area contributed by atoms with Crippen molar-refractivity contribution in [2.75, 3.05) is 0 Å². The molecule has 0 radical (unpaired) electrons. The van der Waals surface area contributed by atoms with E-state index in [9.17, 15) is 0 Å². The Balaban J connectivity index is 1.61. The minimum absolute atomic E-state index is 0.513. The van der Waals surface area contributed by atoms with Crippen LogP contribution in [0.5, 0.6) is 0 Å². The van der Waals surface area contributed by atoms with Crippen LogP contribution in [-0.4, -0.2) is 0 Å². The van der Waals surface area contributed by atoms with Gasteiger partial charge in [-0.2, -0.15) is 0 Å². The summed E-state index contributed by atoms with van der Waals surface area (Å²) in [5.74, 6) is 0.513. The molecule has 0 spiro atoms. The highest BCUT2D eigenvalue weighted by atomic mass is 32.1. The molecule has 6 aromatic carbocycles. The summed E-state index contributed by atoms with van der Waals surface area (Å²) in [7, 11) is 0. The van der Waals surface area contributed by atoms with Crippen molar-refractivity contribution in [2.24, 2.45) is 0 Å². The van der Waals surface area contributed by atoms with Gasteiger partial charge in [0.15, 0.2) is 0 Å². The van der Waals surface area contributed by atoms with E-state index in [-0.39, 0.29) is 0 Å². The first-order valence-electron chi connectivity index (χ1n) is 14.6. The van der Waals surface area contributed by atoms with Crippen LogP contribution in [0, 0.1) is 20.8 Å². The molecule has 0 saturated carbocycles. The lowest BCUT2D eigenvalue weighted by atomic mass is 9.85. The number of thiophene rings is 4. The Morgan fingerprint density at radius 3 is 1.10 bits per heavy atom. The second-order valence-electron chi connectivity index (χ2n) is 12.3. The van der Waals surface area contributed by atoms with Gasteiger partial charge in [0, 0.05) is 81.4 Å². The van der Waals surface area contributed by atoms with Crippen LogP contribution in [-0.2, 0) is 0 Å². The lowest BCUT2D eigenvalue weighted by molar-refractivity contribution is 0.890. The van der Waals surface area contributed by atoms with Crippen LogP contribution in [0.4, 0.5) is 0 Å². The average Bonchev–Trinajstić information content (AvgIpc) is 3.75. The SMILES string of the molecule is Cc1cc2c3cc(C)sc3c3c4cccc5c4c4c(cccc4c4c6sc(C)cc6c6cc(C(C)C)sc6c54)c3c2s1. The summed E-state index contributed by atoms with van der Waals surface area (Å²) >= 11 is 7.91. The first-order chi connectivity index (χ1) is 20.4. The van der Waals surface area contributed by atoms with Gasteiger partial charge < -0.3 is 0 Å². The predicted molar refractivity (Wildman–Crippen MR) is 195 cm³/mol. The quantitative estimate of drug-likeness (QED) is 0.128. The molecule has 0 aliphatic heterocycles. The third-order valence-electron chi connectivity index (χ3n) is 9.33. The third-order valence-corrected chi connectivity index (χ3v) is 14.0. The van der Waals surface area contributed by atoms with Crippen LogP contribution < -0.4 is 0 Å². The van der Waals surface area contributed by atoms with Crippen LogP contribution in [0.3, 0.4) is 0 Å². The Hall–Kier alpha value is -3.28. The minimum Gasteiger partial charge on any atom is -0.140 e. The minimum atomic E-state index is 0.513. The summed E-state index contributed by atoms with van der Waals surface area (Å²) in [5.41, 5.74) is 0. The normalized spacial score (nSPS) is 13.1. The van der Waals surface area contributed by atoms with E-state index in [2.05, 4.69) is 95.3 Å². The molecule has 4 heteroatoms. The van der Waals surface area contributed by atoms with E-state index < -0.39 is 0 Å². The van der Waals surface area contributed by atoms with Crippen molar-refractivity contribution in [3.63, 3.8) is 0 Å². The Bertz CT molecular complexity index is 2790. The lowest BCUT2D eigenvalue weighted by Gasteiger charge is -2.19. The van der Waals surface area contributed by atoms with Gasteiger partial charge in [0.25, 0.3) is 0 Å². The standard InChI is InChI=1S/C38H26S4/c1-16(2)28-15-27-26-14-19(5)41-37(26)33-22-10-6-8-20-29(22)30-21(9-7-11-23(30)34(33)38(27)42-28)32-31(20)35-24(12-17(3)39-35)25-13-18(4)40-36(25)32/h6-16H,1-5H3. The smallest absolute Gasteiger partial charge is 0.0437 e. The van der Waals surface area contributed by atoms with E-state index in [1.807, 2.05) is 45.3 Å². The van der Waals surface area contributed by atoms with Crippen molar-refractivity contribution in [3.8, 4) is 0 Å². The summed E-state index contributed by atoms with van der Waals surface area (Å²) < 4.78 is 5.78. The predicted octanol–water partition coefficient (Wildman–Crippen LogP) is 13.8. The van der Waals surface area contributed by atoms with Crippen LogP contribution >= 0.6 is 45.3 Å². The van der Waals surface area contributed by atoms with Crippen molar-refractivity contribution in [3.05, 3.63) is 80.2 Å². The number of aryl methyl sites for hydroxylation is 3. The van der Waals surface area contributed by atoms with E-state index in [4.69, 9.17) is 0 Å². The van der Waals surface area contributed by atoms with E-state index >= 15 is 0 Å². The molecule has 42 heavy (non-hydrogen) atoms. The molecule has 0 fully saturated rings. The number of fused-ring (bicyclic) bond motifs is 16. The third kappa shape index (κ3) is 2.83. The monoisotopic (exact) mass is 610 g/mol. The Kier molecular flexibility index (Phi) is 4.61. The van der Waals surface area contributed by atoms with E-state index in [0.29, 0.717) is 5.92 Å². The van der Waals surface area contributed by atoms with E-state index in [0.717, 1.165) is 0 Å². The molecule has 0 nitrogen and oxygen atoms in total. The van der Waals surface area contributed by atoms with Gasteiger partial charge in [0.2, 0.25) is 0 Å². The van der Waals surface area contributed by atoms with Gasteiger partial charge in [-0.25, -0.2) is 0 Å². The van der Waals surface area contributed by atoms with Crippen molar-refractivity contribution in [1.29, 1.82) is 0 Å². The molecule has 4 aromatic heterocycles. The average molecular weight is 611 g/mol. The summed E-state index contributed by atoms with van der Waals surface area (Å²) in [4.78, 5) is 5.63. The second-order valence-corrected chi connectivity index (χ2v) is 17.2. The van der Waals surface area contributed by atoms with Gasteiger partial charge in [-0.15, -0.1) is 45.3 Å². The molecule has 0 aliphatic rings. The largest absolute Gasteiger partial charge is 0.140 e. The molecule has 0 unspecified atom stereocenters. The number of hydrogen-bond acceptors (Lipinski definition) is 4. The molecule has 4 heterocycles. The first-order valence-corrected chi connectivity index (χ1v) is 17.9. The van der Waals surface area contributed by atoms with Gasteiger partial charge in [-0.1, -0.05) is 50.2 Å². The summed E-state index contributed by atoms with van der Waals surface area (Å²) in [6, 6.07) is 24.0. The first kappa shape index (κ1) is 24.2. The zero-order valence-corrected chi connectivity index (χ0v) is 27.2. The zero-order valence-electron chi connectivity index (χ0n) is 24.0. The summed E-state index contributed by atoms with van der Waals surface area (Å²) in [6.45, 7) is 11.5. The second kappa shape index (κ2) is 8.00. The highest BCUT2D eigenvalue weighted by molar-refractivity contribution is 7.23. The van der Waals surface area contributed by atoms with E-state index in [1.54, 1.807) is 0 Å². The highest BCUT2D eigenvalue weighted by Crippen LogP contribution is 2.55. The van der Waals surface area contributed by atoms with E-state index in [1.165, 1.54) is 114 Å². The molecule has 0 saturated heterocycles. The molecule has 0 aliphatic carbocycles. The van der Waals surface area contributed by atoms with Gasteiger partial charge in [0.1, 0.15) is 0 Å². The van der Waals surface area contributed by atoms with Gasteiger partial charge in [-0.3, -0.25) is 0 Å². The maximum absolute atomic E-state index is 2.49. The van der Waals surface area contributed by atoms with Crippen LogP contribution in [0.25, 0.3) is 94.2 Å². The number of hydrogen-bond donors (Lipinski definition) is 0. The van der Waals surface area contributed by atoms with Crippen LogP contribution in [0.15, 0.2) is 60.7 Å². The maximum atomic E-state index is 2.49. The topological polar surface area (TPSA) is 0 Å². The molecule has 0 N–H and O–H groups in total. The maximum Gasteiger partial charge on any atom is 0.0437 e. The number of benzene rings is 6. The highest BCUT2D eigenvalue weighted by Gasteiger charge is 2.25. The van der Waals surface area contributed by atoms with Gasteiger partial charge >= 0.3 is 0 Å². The fourth-order valence-corrected chi connectivity index (χ4v) is 12.3. The lowest BCUT2D eigenvalue weighted by Crippen LogP contribution is -1.90. The molecular weight excluding hydrogens is 585 g/mol. The molecule has 0 atom stereocenters. The van der Waals surface area contributed by atoms with Crippen molar-refractivity contribution in [2.45, 2.75) is 40.5 Å². The zero-order chi connectivity index (χ0) is 28.2. The van der Waals surface area contributed by atoms with Crippen molar-refractivity contribution >= 4 is 140 Å². The molecule has 10 rings (SSSR count). The van der Waals surface area contributed by atoms with Gasteiger partial charge in [0.05, 0.1) is 0 Å². The molecular formula is C38H26S4. The van der Waals surface area contributed by atoms with Crippen molar-refractivity contribution < 1.29 is 0 Å². The van der Waals surface area contributed by atoms with Gasteiger partial charge in [-0.05, 0) is 83.3 Å². The fraction of sp³-hybridized carbons (Fsp3) is 0.158. The molecule has 10 aromatic rings. The van der Waals surface area contributed by atoms with Crippen molar-refractivity contribution in [1.82, 2.24) is 0 Å². The molecule has 202 valence electrons. The fourth-order valence-electron chi connectivity index (χ4n) is 7.74. The number of rotatable bonds is 1. The Labute approximate surface area is 258 Å². The molecule has 0 bridgehead atoms. The van der Waals surface area contributed by atoms with Crippen LogP contribution in [0.2, 0.25) is 0 Å². The molecule has 0 amide bonds. The van der Waals surface area contributed by atoms with Crippen LogP contribution in [0.1, 0.15) is 39.3 Å². The Morgan fingerprint density at radius 1 is 0.405 bits per heavy atom. The Morgan fingerprint density at radius 2 is 0.738 bits per heavy atom. The summed E-state index contributed by atoms with van der Waals surface area (Å²) in [5, 5.41) is 20.0. The summed E-state index contributed by atoms with van der Waals surface area (Å²) in [6.07, 6.45) is 0.